The molecule has 0 bridgehead atoms. The molecule has 332 valence electrons. The van der Waals surface area contributed by atoms with Crippen molar-refractivity contribution in [2.75, 3.05) is 40.9 Å². The predicted molar refractivity (Wildman–Crippen MR) is 221 cm³/mol. The largest absolute Gasteiger partial charge is 0.573 e. The number of nitriles is 2. The van der Waals surface area contributed by atoms with E-state index in [2.05, 4.69) is 69.0 Å². The highest BCUT2D eigenvalue weighted by Gasteiger charge is 2.33. The Hall–Kier alpha value is -6.12. The molecule has 0 atom stereocenters. The van der Waals surface area contributed by atoms with Gasteiger partial charge in [0.25, 0.3) is 0 Å². The molecule has 6 rings (SSSR count). The summed E-state index contributed by atoms with van der Waals surface area (Å²) in [6.07, 6.45) is 1.67. The Labute approximate surface area is 356 Å². The van der Waals surface area contributed by atoms with Gasteiger partial charge in [-0.05, 0) is 81.9 Å². The molecule has 2 aliphatic rings. The van der Waals surface area contributed by atoms with Crippen LogP contribution in [0.2, 0.25) is 0 Å². The van der Waals surface area contributed by atoms with E-state index in [-0.39, 0.29) is 42.5 Å². The molecule has 0 saturated heterocycles. The van der Waals surface area contributed by atoms with Gasteiger partial charge in [-0.25, -0.2) is 9.97 Å². The van der Waals surface area contributed by atoms with Crippen molar-refractivity contribution in [1.29, 1.82) is 10.5 Å². The number of nitrogens with zero attached hydrogens (tertiary/aromatic N) is 6. The van der Waals surface area contributed by atoms with Crippen molar-refractivity contribution in [3.05, 3.63) is 83.2 Å². The molecular formula is C42H50F6N12O2. The standard InChI is InChI=1S/C22H27F3N6O.C20H23F3N6O/c1-2-27-18-9-7-15(8-10-18)12-28-20-17(11-26)14-30-21(31-20)29-13-16-5-3-4-6-19(16)32-22(23,24)25;21-20(22,23)30-17-4-2-1-3-14(17)11-27-19-28-12-15(9-24)18(29-19)26-10-13-5-7-16(25)8-6-13/h3-6,14-15,18,27H,2,7-10,12-13H2,1H3,(H2,28,29,30,31);1-4,12-13,16H,5-8,10-11,25H2,(H2,26,27,28,29). The third-order valence-corrected chi connectivity index (χ3v) is 10.4. The molecular weight excluding hydrogens is 819 g/mol. The van der Waals surface area contributed by atoms with Gasteiger partial charge < -0.3 is 41.8 Å². The van der Waals surface area contributed by atoms with Gasteiger partial charge in [0.2, 0.25) is 11.9 Å². The molecule has 2 aliphatic carbocycles. The van der Waals surface area contributed by atoms with E-state index in [1.807, 2.05) is 6.07 Å². The first-order chi connectivity index (χ1) is 29.7. The van der Waals surface area contributed by atoms with Crippen LogP contribution in [0.5, 0.6) is 11.5 Å². The quantitative estimate of drug-likeness (QED) is 0.0588. The number of ether oxygens (including phenoxy) is 2. The Morgan fingerprint density at radius 1 is 0.645 bits per heavy atom. The first-order valence-electron chi connectivity index (χ1n) is 20.4. The number of alkyl halides is 6. The summed E-state index contributed by atoms with van der Waals surface area (Å²) in [5.74, 6) is 1.59. The van der Waals surface area contributed by atoms with Gasteiger partial charge in [0.15, 0.2) is 0 Å². The number of nitrogens with one attached hydrogen (secondary N) is 5. The lowest BCUT2D eigenvalue weighted by atomic mass is 9.86. The second kappa shape index (κ2) is 22.6. The van der Waals surface area contributed by atoms with Gasteiger partial charge in [-0.15, -0.1) is 26.3 Å². The fraction of sp³-hybridized carbons (Fsp3) is 0.476. The summed E-state index contributed by atoms with van der Waals surface area (Å²) in [6.45, 7) is 4.51. The monoisotopic (exact) mass is 868 g/mol. The summed E-state index contributed by atoms with van der Waals surface area (Å²) >= 11 is 0. The van der Waals surface area contributed by atoms with Crippen molar-refractivity contribution >= 4 is 23.5 Å². The number of nitrogens with two attached hydrogens (primary N) is 1. The molecule has 7 N–H and O–H groups in total. The molecule has 0 amide bonds. The average Bonchev–Trinajstić information content (AvgIpc) is 3.24. The normalized spacial score (nSPS) is 18.8. The van der Waals surface area contributed by atoms with Gasteiger partial charge in [0.05, 0.1) is 12.4 Å². The molecule has 20 heteroatoms. The molecule has 62 heavy (non-hydrogen) atoms. The summed E-state index contributed by atoms with van der Waals surface area (Å²) < 4.78 is 83.6. The van der Waals surface area contributed by atoms with Crippen LogP contribution >= 0.6 is 0 Å². The van der Waals surface area contributed by atoms with Gasteiger partial charge >= 0.3 is 12.7 Å². The molecule has 4 aromatic rings. The number of hydrogen-bond acceptors (Lipinski definition) is 14. The second-order valence-corrected chi connectivity index (χ2v) is 15.0. The van der Waals surface area contributed by atoms with E-state index in [9.17, 15) is 36.9 Å². The van der Waals surface area contributed by atoms with Crippen molar-refractivity contribution in [3.63, 3.8) is 0 Å². The number of anilines is 4. The molecule has 0 aliphatic heterocycles. The van der Waals surface area contributed by atoms with Crippen LogP contribution in [0.1, 0.15) is 80.5 Å². The van der Waals surface area contributed by atoms with E-state index in [1.165, 1.54) is 48.8 Å². The topological polar surface area (TPSA) is 204 Å². The minimum Gasteiger partial charge on any atom is -0.405 e. The summed E-state index contributed by atoms with van der Waals surface area (Å²) in [7, 11) is 0. The lowest BCUT2D eigenvalue weighted by molar-refractivity contribution is -0.275. The Kier molecular flexibility index (Phi) is 17.1. The summed E-state index contributed by atoms with van der Waals surface area (Å²) in [4.78, 5) is 16.8. The van der Waals surface area contributed by atoms with Gasteiger partial charge in [-0.3, -0.25) is 0 Å². The minimum atomic E-state index is -4.78. The van der Waals surface area contributed by atoms with Gasteiger partial charge in [0, 0.05) is 49.4 Å². The Bertz CT molecular complexity index is 2110. The van der Waals surface area contributed by atoms with Crippen molar-refractivity contribution in [1.82, 2.24) is 25.3 Å². The molecule has 2 fully saturated rings. The predicted octanol–water partition coefficient (Wildman–Crippen LogP) is 8.23. The van der Waals surface area contributed by atoms with Crippen molar-refractivity contribution in [2.45, 2.75) is 96.2 Å². The maximum Gasteiger partial charge on any atom is 0.573 e. The Morgan fingerprint density at radius 2 is 1.06 bits per heavy atom. The maximum absolute atomic E-state index is 12.6. The molecule has 2 aromatic carbocycles. The van der Waals surface area contributed by atoms with E-state index < -0.39 is 12.7 Å². The van der Waals surface area contributed by atoms with Crippen molar-refractivity contribution < 1.29 is 35.8 Å². The van der Waals surface area contributed by atoms with Crippen LogP contribution in [0.15, 0.2) is 60.9 Å². The van der Waals surface area contributed by atoms with Crippen LogP contribution in [0, 0.1) is 34.5 Å². The number of benzene rings is 2. The molecule has 0 spiro atoms. The molecule has 14 nitrogen and oxygen atoms in total. The molecule has 0 radical (unpaired) electrons. The van der Waals surface area contributed by atoms with Crippen LogP contribution in [-0.4, -0.2) is 64.4 Å². The van der Waals surface area contributed by atoms with E-state index in [0.29, 0.717) is 64.9 Å². The molecule has 2 heterocycles. The third kappa shape index (κ3) is 15.4. The number of hydrogen-bond donors (Lipinski definition) is 6. The lowest BCUT2D eigenvalue weighted by Crippen LogP contribution is -2.34. The Balaban J connectivity index is 0.000000235. The fourth-order valence-corrected chi connectivity index (χ4v) is 7.20. The van der Waals surface area contributed by atoms with Gasteiger partial charge in [-0.1, -0.05) is 43.3 Å². The Morgan fingerprint density at radius 3 is 1.47 bits per heavy atom. The number of rotatable bonds is 16. The highest BCUT2D eigenvalue weighted by molar-refractivity contribution is 5.54. The highest BCUT2D eigenvalue weighted by Crippen LogP contribution is 2.30. The van der Waals surface area contributed by atoms with Crippen molar-refractivity contribution in [3.8, 4) is 23.6 Å². The van der Waals surface area contributed by atoms with Crippen LogP contribution < -0.4 is 41.8 Å². The average molecular weight is 869 g/mol. The summed E-state index contributed by atoms with van der Waals surface area (Å²) in [5, 5.41) is 34.4. The number of aromatic nitrogens is 4. The maximum atomic E-state index is 12.6. The van der Waals surface area contributed by atoms with E-state index >= 15 is 0 Å². The molecule has 0 unspecified atom stereocenters. The minimum absolute atomic E-state index is 0.0259. The van der Waals surface area contributed by atoms with Crippen LogP contribution in [0.4, 0.5) is 49.9 Å². The number of halogens is 6. The fourth-order valence-electron chi connectivity index (χ4n) is 7.20. The second-order valence-electron chi connectivity index (χ2n) is 15.0. The zero-order valence-corrected chi connectivity index (χ0v) is 34.1. The van der Waals surface area contributed by atoms with Crippen LogP contribution in [-0.2, 0) is 13.1 Å². The zero-order chi connectivity index (χ0) is 44.5. The zero-order valence-electron chi connectivity index (χ0n) is 34.1. The molecule has 2 aromatic heterocycles. The lowest BCUT2D eigenvalue weighted by Gasteiger charge is -2.29. The SMILES string of the molecule is CCNC1CCC(CNc2nc(NCc3ccccc3OC(F)(F)F)ncc2C#N)CC1.N#Cc1cnc(NCc2ccccc2OC(F)(F)F)nc1NCC1CCC(N)CC1. The summed E-state index contributed by atoms with van der Waals surface area (Å²) in [5.41, 5.74) is 7.16. The highest BCUT2D eigenvalue weighted by atomic mass is 19.4. The summed E-state index contributed by atoms with van der Waals surface area (Å²) in [6, 6.07) is 16.7. The number of para-hydroxylation sites is 2. The van der Waals surface area contributed by atoms with Crippen LogP contribution in [0.25, 0.3) is 0 Å². The van der Waals surface area contributed by atoms with E-state index in [4.69, 9.17) is 5.73 Å². The third-order valence-electron chi connectivity index (χ3n) is 10.4. The smallest absolute Gasteiger partial charge is 0.405 e. The first-order valence-corrected chi connectivity index (χ1v) is 20.4. The van der Waals surface area contributed by atoms with Crippen LogP contribution in [0.3, 0.4) is 0 Å². The molecule has 2 saturated carbocycles. The van der Waals surface area contributed by atoms with Gasteiger partial charge in [-0.2, -0.15) is 20.5 Å². The first kappa shape index (κ1) is 46.9. The van der Waals surface area contributed by atoms with Crippen molar-refractivity contribution in [2.24, 2.45) is 17.6 Å². The van der Waals surface area contributed by atoms with Gasteiger partial charge in [0.1, 0.15) is 46.4 Å². The van der Waals surface area contributed by atoms with E-state index in [0.717, 1.165) is 57.9 Å². The van der Waals surface area contributed by atoms with E-state index in [1.54, 1.807) is 12.1 Å².